The summed E-state index contributed by atoms with van der Waals surface area (Å²) in [5.74, 6) is 0.620. The zero-order chi connectivity index (χ0) is 12.5. The van der Waals surface area contributed by atoms with Crippen molar-refractivity contribution in [3.63, 3.8) is 0 Å². The van der Waals surface area contributed by atoms with Crippen molar-refractivity contribution in [2.75, 3.05) is 18.1 Å². The molecule has 1 amide bonds. The van der Waals surface area contributed by atoms with E-state index in [1.165, 1.54) is 6.20 Å². The van der Waals surface area contributed by atoms with Crippen LogP contribution in [0.1, 0.15) is 16.1 Å². The summed E-state index contributed by atoms with van der Waals surface area (Å²) < 4.78 is 13.4. The molecule has 0 atom stereocenters. The highest BCUT2D eigenvalue weighted by Gasteiger charge is 2.25. The maximum atomic E-state index is 12.3. The molecule has 0 N–H and O–H groups in total. The van der Waals surface area contributed by atoms with Crippen LogP contribution in [0.5, 0.6) is 5.75 Å². The quantitative estimate of drug-likeness (QED) is 0.786. The van der Waals surface area contributed by atoms with Gasteiger partial charge in [0.2, 0.25) is 0 Å². The Hall–Kier alpha value is -1.95. The van der Waals surface area contributed by atoms with Gasteiger partial charge in [0.25, 0.3) is 5.91 Å². The predicted molar refractivity (Wildman–Crippen MR) is 68.3 cm³/mol. The highest BCUT2D eigenvalue weighted by molar-refractivity contribution is 6.99. The third kappa shape index (κ3) is 1.84. The number of rotatable bonds is 1. The molecule has 0 saturated heterocycles. The first-order chi connectivity index (χ1) is 8.75. The summed E-state index contributed by atoms with van der Waals surface area (Å²) in [6, 6.07) is 5.81. The molecule has 1 aliphatic heterocycles. The number of amides is 1. The minimum absolute atomic E-state index is 0.128. The topological polar surface area (TPSA) is 55.3 Å². The fourth-order valence-corrected chi connectivity index (χ4v) is 2.34. The molecule has 0 saturated carbocycles. The number of aryl methyl sites for hydroxylation is 1. The molecular weight excluding hydrogens is 250 g/mol. The molecule has 0 radical (unpaired) electrons. The number of carbonyl (C=O) groups is 1. The van der Waals surface area contributed by atoms with Gasteiger partial charge in [-0.2, -0.15) is 8.75 Å². The number of hydrogen-bond acceptors (Lipinski definition) is 5. The molecule has 2 aromatic rings. The molecule has 0 spiro atoms. The number of aromatic nitrogens is 2. The lowest BCUT2D eigenvalue weighted by molar-refractivity contribution is 0.0972. The van der Waals surface area contributed by atoms with Gasteiger partial charge in [-0.15, -0.1) is 0 Å². The van der Waals surface area contributed by atoms with Crippen molar-refractivity contribution in [2.45, 2.75) is 6.92 Å². The fourth-order valence-electron chi connectivity index (χ4n) is 1.94. The molecule has 1 aromatic heterocycles. The minimum Gasteiger partial charge on any atom is -0.490 e. The third-order valence-corrected chi connectivity index (χ3v) is 3.28. The molecule has 1 aromatic carbocycles. The van der Waals surface area contributed by atoms with E-state index in [0.717, 1.165) is 28.7 Å². The summed E-state index contributed by atoms with van der Waals surface area (Å²) >= 11 is 1.04. The molecule has 0 fully saturated rings. The van der Waals surface area contributed by atoms with Crippen LogP contribution in [0.2, 0.25) is 0 Å². The van der Waals surface area contributed by atoms with E-state index in [1.54, 1.807) is 4.90 Å². The number of carbonyl (C=O) groups excluding carboxylic acids is 1. The number of anilines is 1. The van der Waals surface area contributed by atoms with E-state index >= 15 is 0 Å². The Morgan fingerprint density at radius 3 is 3.17 bits per heavy atom. The molecule has 6 heteroatoms. The summed E-state index contributed by atoms with van der Waals surface area (Å²) in [6.07, 6.45) is 1.50. The van der Waals surface area contributed by atoms with E-state index in [4.69, 9.17) is 4.74 Å². The van der Waals surface area contributed by atoms with Crippen molar-refractivity contribution in [1.82, 2.24) is 8.75 Å². The van der Waals surface area contributed by atoms with Crippen molar-refractivity contribution < 1.29 is 9.53 Å². The first-order valence-corrected chi connectivity index (χ1v) is 6.31. The molecule has 3 rings (SSSR count). The van der Waals surface area contributed by atoms with Crippen LogP contribution in [0.4, 0.5) is 5.69 Å². The van der Waals surface area contributed by atoms with Crippen molar-refractivity contribution in [2.24, 2.45) is 0 Å². The van der Waals surface area contributed by atoms with Crippen molar-refractivity contribution in [3.05, 3.63) is 35.7 Å². The molecular formula is C12H11N3O2S. The zero-order valence-corrected chi connectivity index (χ0v) is 10.6. The molecule has 1 aliphatic rings. The van der Waals surface area contributed by atoms with Gasteiger partial charge in [-0.3, -0.25) is 4.79 Å². The van der Waals surface area contributed by atoms with Crippen molar-refractivity contribution in [1.29, 1.82) is 0 Å². The standard InChI is InChI=1S/C12H11N3O2S/c1-8-2-3-10-11(6-8)17-5-4-15(10)12(16)9-7-13-18-14-9/h2-3,6-7H,4-5H2,1H3. The number of nitrogens with zero attached hydrogens (tertiary/aromatic N) is 3. The second-order valence-electron chi connectivity index (χ2n) is 4.07. The Labute approximate surface area is 108 Å². The number of fused-ring (bicyclic) bond motifs is 1. The molecule has 0 bridgehead atoms. The van der Waals surface area contributed by atoms with Crippen LogP contribution < -0.4 is 9.64 Å². The van der Waals surface area contributed by atoms with Gasteiger partial charge in [0.1, 0.15) is 12.4 Å². The SMILES string of the molecule is Cc1ccc2c(c1)OCCN2C(=O)c1cnsn1. The van der Waals surface area contributed by atoms with E-state index in [1.807, 2.05) is 25.1 Å². The second kappa shape index (κ2) is 4.38. The largest absolute Gasteiger partial charge is 0.490 e. The maximum absolute atomic E-state index is 12.3. The molecule has 18 heavy (non-hydrogen) atoms. The molecule has 2 heterocycles. The Morgan fingerprint density at radius 1 is 1.50 bits per heavy atom. The maximum Gasteiger partial charge on any atom is 0.279 e. The van der Waals surface area contributed by atoms with Gasteiger partial charge in [-0.1, -0.05) is 6.07 Å². The van der Waals surface area contributed by atoms with Crippen LogP contribution in [-0.2, 0) is 0 Å². The van der Waals surface area contributed by atoms with E-state index in [9.17, 15) is 4.79 Å². The molecule has 0 aliphatic carbocycles. The minimum atomic E-state index is -0.128. The van der Waals surface area contributed by atoms with Gasteiger partial charge in [0, 0.05) is 0 Å². The van der Waals surface area contributed by atoms with Crippen LogP contribution in [0.25, 0.3) is 0 Å². The Morgan fingerprint density at radius 2 is 2.39 bits per heavy atom. The zero-order valence-electron chi connectivity index (χ0n) is 9.79. The lowest BCUT2D eigenvalue weighted by Gasteiger charge is -2.29. The number of benzene rings is 1. The van der Waals surface area contributed by atoms with E-state index in [0.29, 0.717) is 18.8 Å². The van der Waals surface area contributed by atoms with Crippen molar-refractivity contribution >= 4 is 23.3 Å². The predicted octanol–water partition coefficient (Wildman–Crippen LogP) is 1.89. The first kappa shape index (κ1) is 11.2. The van der Waals surface area contributed by atoms with Gasteiger partial charge in [0.15, 0.2) is 5.69 Å². The van der Waals surface area contributed by atoms with Crippen LogP contribution in [0, 0.1) is 6.92 Å². The highest BCUT2D eigenvalue weighted by atomic mass is 32.1. The first-order valence-electron chi connectivity index (χ1n) is 5.58. The van der Waals surface area contributed by atoms with Crippen LogP contribution in [0.15, 0.2) is 24.4 Å². The number of hydrogen-bond donors (Lipinski definition) is 0. The summed E-state index contributed by atoms with van der Waals surface area (Å²) in [6.45, 7) is 3.03. The lowest BCUT2D eigenvalue weighted by atomic mass is 10.1. The molecule has 0 unspecified atom stereocenters. The molecule has 5 nitrogen and oxygen atoms in total. The van der Waals surface area contributed by atoms with Gasteiger partial charge < -0.3 is 9.64 Å². The van der Waals surface area contributed by atoms with Crippen LogP contribution in [0.3, 0.4) is 0 Å². The Bertz CT molecular complexity index is 583. The average molecular weight is 261 g/mol. The van der Waals surface area contributed by atoms with Gasteiger partial charge in [0.05, 0.1) is 30.2 Å². The molecule has 92 valence electrons. The normalized spacial score (nSPS) is 13.9. The monoisotopic (exact) mass is 261 g/mol. The van der Waals surface area contributed by atoms with Gasteiger partial charge in [-0.25, -0.2) is 0 Å². The number of ether oxygens (including phenoxy) is 1. The van der Waals surface area contributed by atoms with Gasteiger partial charge in [-0.05, 0) is 24.6 Å². The smallest absolute Gasteiger partial charge is 0.279 e. The van der Waals surface area contributed by atoms with E-state index in [2.05, 4.69) is 8.75 Å². The van der Waals surface area contributed by atoms with Crippen molar-refractivity contribution in [3.8, 4) is 5.75 Å². The van der Waals surface area contributed by atoms with Gasteiger partial charge >= 0.3 is 0 Å². The van der Waals surface area contributed by atoms with E-state index < -0.39 is 0 Å². The summed E-state index contributed by atoms with van der Waals surface area (Å²) in [5, 5.41) is 0. The van der Waals surface area contributed by atoms with Crippen LogP contribution >= 0.6 is 11.7 Å². The Kier molecular flexibility index (Phi) is 2.71. The summed E-state index contributed by atoms with van der Waals surface area (Å²) in [7, 11) is 0. The summed E-state index contributed by atoms with van der Waals surface area (Å²) in [5.41, 5.74) is 2.29. The average Bonchev–Trinajstić information content (AvgIpc) is 2.90. The summed E-state index contributed by atoms with van der Waals surface area (Å²) in [4.78, 5) is 14.0. The lowest BCUT2D eigenvalue weighted by Crippen LogP contribution is -2.38. The highest BCUT2D eigenvalue weighted by Crippen LogP contribution is 2.33. The third-order valence-electron chi connectivity index (χ3n) is 2.80. The van der Waals surface area contributed by atoms with E-state index in [-0.39, 0.29) is 5.91 Å². The Balaban J connectivity index is 1.99. The second-order valence-corrected chi connectivity index (χ2v) is 4.63. The van der Waals surface area contributed by atoms with Crippen LogP contribution in [-0.4, -0.2) is 27.8 Å². The fraction of sp³-hybridized carbons (Fsp3) is 0.250.